The summed E-state index contributed by atoms with van der Waals surface area (Å²) in [6.07, 6.45) is 4.41. The predicted molar refractivity (Wildman–Crippen MR) is 63.1 cm³/mol. The predicted octanol–water partition coefficient (Wildman–Crippen LogP) is 2.32. The second-order valence-corrected chi connectivity index (χ2v) is 4.70. The lowest BCUT2D eigenvalue weighted by molar-refractivity contribution is 0.225. The zero-order valence-corrected chi connectivity index (χ0v) is 10.4. The van der Waals surface area contributed by atoms with Crippen LogP contribution in [0.25, 0.3) is 0 Å². The van der Waals surface area contributed by atoms with Crippen LogP contribution in [-0.4, -0.2) is 36.1 Å². The molecule has 0 N–H and O–H groups in total. The van der Waals surface area contributed by atoms with Crippen molar-refractivity contribution in [3.8, 4) is 5.88 Å². The van der Waals surface area contributed by atoms with Crippen molar-refractivity contribution in [3.63, 3.8) is 0 Å². The van der Waals surface area contributed by atoms with Gasteiger partial charge in [0.1, 0.15) is 6.61 Å². The number of rotatable bonds is 5. The number of nitrogens with zero attached hydrogens (tertiary/aromatic N) is 2. The topological polar surface area (TPSA) is 25.4 Å². The van der Waals surface area contributed by atoms with E-state index in [-0.39, 0.29) is 0 Å². The Hall–Kier alpha value is -0.610. The van der Waals surface area contributed by atoms with Crippen LogP contribution in [0.2, 0.25) is 0 Å². The maximum absolute atomic E-state index is 5.59. The second-order valence-electron chi connectivity index (χ2n) is 3.85. The van der Waals surface area contributed by atoms with Crippen LogP contribution in [0.4, 0.5) is 0 Å². The molecule has 1 heterocycles. The average molecular weight is 271 g/mol. The molecular weight excluding hydrogens is 256 g/mol. The first-order chi connectivity index (χ1) is 7.27. The monoisotopic (exact) mass is 270 g/mol. The minimum absolute atomic E-state index is 0.682. The van der Waals surface area contributed by atoms with Gasteiger partial charge in [-0.05, 0) is 48.0 Å². The Balaban J connectivity index is 1.75. The van der Waals surface area contributed by atoms with Crippen molar-refractivity contribution in [2.24, 2.45) is 0 Å². The Labute approximate surface area is 98.6 Å². The molecule has 0 saturated heterocycles. The maximum atomic E-state index is 5.59. The molecule has 15 heavy (non-hydrogen) atoms. The van der Waals surface area contributed by atoms with Gasteiger partial charge in [-0.3, -0.25) is 0 Å². The van der Waals surface area contributed by atoms with Crippen LogP contribution < -0.4 is 4.74 Å². The Morgan fingerprint density at radius 3 is 3.07 bits per heavy atom. The third-order valence-electron chi connectivity index (χ3n) is 2.58. The molecule has 0 bridgehead atoms. The van der Waals surface area contributed by atoms with E-state index in [1.807, 2.05) is 12.1 Å². The Morgan fingerprint density at radius 2 is 2.40 bits per heavy atom. The molecular formula is C11H15BrN2O. The van der Waals surface area contributed by atoms with E-state index in [9.17, 15) is 0 Å². The molecule has 0 spiro atoms. The first kappa shape index (κ1) is 10.9. The van der Waals surface area contributed by atoms with Gasteiger partial charge in [0.15, 0.2) is 0 Å². The summed E-state index contributed by atoms with van der Waals surface area (Å²) < 4.78 is 6.50. The number of hydrogen-bond acceptors (Lipinski definition) is 3. The summed E-state index contributed by atoms with van der Waals surface area (Å²) in [5.41, 5.74) is 0. The van der Waals surface area contributed by atoms with Crippen molar-refractivity contribution in [2.75, 3.05) is 20.2 Å². The summed E-state index contributed by atoms with van der Waals surface area (Å²) in [7, 11) is 2.15. The summed E-state index contributed by atoms with van der Waals surface area (Å²) in [6.45, 7) is 1.66. The standard InChI is InChI=1S/C11H15BrN2O/c1-14(9-4-5-9)7-8-15-11-10(12)3-2-6-13-11/h2-3,6,9H,4-5,7-8H2,1H3. The minimum Gasteiger partial charge on any atom is -0.476 e. The van der Waals surface area contributed by atoms with Crippen molar-refractivity contribution < 1.29 is 4.74 Å². The van der Waals surface area contributed by atoms with E-state index in [2.05, 4.69) is 32.9 Å². The maximum Gasteiger partial charge on any atom is 0.227 e. The minimum atomic E-state index is 0.682. The van der Waals surface area contributed by atoms with Crippen molar-refractivity contribution in [1.82, 2.24) is 9.88 Å². The van der Waals surface area contributed by atoms with Gasteiger partial charge in [0.2, 0.25) is 5.88 Å². The number of ether oxygens (including phenoxy) is 1. The molecule has 1 aromatic rings. The van der Waals surface area contributed by atoms with Gasteiger partial charge in [0, 0.05) is 18.8 Å². The molecule has 82 valence electrons. The highest BCUT2D eigenvalue weighted by Gasteiger charge is 2.25. The molecule has 1 aliphatic rings. The van der Waals surface area contributed by atoms with Gasteiger partial charge in [-0.15, -0.1) is 0 Å². The van der Waals surface area contributed by atoms with Crippen LogP contribution in [0.1, 0.15) is 12.8 Å². The van der Waals surface area contributed by atoms with E-state index in [1.54, 1.807) is 6.20 Å². The molecule has 0 aromatic carbocycles. The van der Waals surface area contributed by atoms with Gasteiger partial charge in [-0.25, -0.2) is 4.98 Å². The fourth-order valence-electron chi connectivity index (χ4n) is 1.46. The van der Waals surface area contributed by atoms with Crippen molar-refractivity contribution in [1.29, 1.82) is 0 Å². The molecule has 0 radical (unpaired) electrons. The second kappa shape index (κ2) is 4.94. The Morgan fingerprint density at radius 1 is 1.60 bits per heavy atom. The molecule has 0 amide bonds. The molecule has 0 aliphatic heterocycles. The molecule has 1 aromatic heterocycles. The summed E-state index contributed by atoms with van der Waals surface area (Å²) in [4.78, 5) is 6.49. The number of halogens is 1. The van der Waals surface area contributed by atoms with Crippen LogP contribution in [-0.2, 0) is 0 Å². The molecule has 0 unspecified atom stereocenters. The van der Waals surface area contributed by atoms with Gasteiger partial charge in [0.05, 0.1) is 4.47 Å². The van der Waals surface area contributed by atoms with Crippen molar-refractivity contribution in [2.45, 2.75) is 18.9 Å². The lowest BCUT2D eigenvalue weighted by atomic mass is 10.5. The fraction of sp³-hybridized carbons (Fsp3) is 0.545. The molecule has 1 saturated carbocycles. The van der Waals surface area contributed by atoms with Crippen molar-refractivity contribution in [3.05, 3.63) is 22.8 Å². The van der Waals surface area contributed by atoms with E-state index in [4.69, 9.17) is 4.74 Å². The smallest absolute Gasteiger partial charge is 0.227 e. The molecule has 4 heteroatoms. The van der Waals surface area contributed by atoms with Crippen LogP contribution in [0.5, 0.6) is 5.88 Å². The fourth-order valence-corrected chi connectivity index (χ4v) is 1.83. The quantitative estimate of drug-likeness (QED) is 0.821. The largest absolute Gasteiger partial charge is 0.476 e. The molecule has 3 nitrogen and oxygen atoms in total. The number of pyridine rings is 1. The zero-order valence-electron chi connectivity index (χ0n) is 8.82. The van der Waals surface area contributed by atoms with E-state index in [1.165, 1.54) is 12.8 Å². The van der Waals surface area contributed by atoms with Gasteiger partial charge < -0.3 is 9.64 Å². The number of likely N-dealkylation sites (N-methyl/N-ethyl adjacent to an activating group) is 1. The van der Waals surface area contributed by atoms with Gasteiger partial charge in [-0.1, -0.05) is 0 Å². The highest BCUT2D eigenvalue weighted by Crippen LogP contribution is 2.25. The molecule has 1 fully saturated rings. The van der Waals surface area contributed by atoms with E-state index in [0.29, 0.717) is 12.5 Å². The van der Waals surface area contributed by atoms with Gasteiger partial charge >= 0.3 is 0 Å². The SMILES string of the molecule is CN(CCOc1ncccc1Br)C1CC1. The van der Waals surface area contributed by atoms with Crippen LogP contribution in [0.15, 0.2) is 22.8 Å². The Kier molecular flexibility index (Phi) is 3.59. The van der Waals surface area contributed by atoms with Crippen molar-refractivity contribution >= 4 is 15.9 Å². The number of hydrogen-bond donors (Lipinski definition) is 0. The third-order valence-corrected chi connectivity index (χ3v) is 3.18. The van der Waals surface area contributed by atoms with E-state index < -0.39 is 0 Å². The summed E-state index contributed by atoms with van der Waals surface area (Å²) in [6, 6.07) is 4.61. The van der Waals surface area contributed by atoms with Crippen LogP contribution in [0, 0.1) is 0 Å². The average Bonchev–Trinajstić information content (AvgIpc) is 3.04. The first-order valence-electron chi connectivity index (χ1n) is 5.21. The van der Waals surface area contributed by atoms with Gasteiger partial charge in [0.25, 0.3) is 0 Å². The summed E-state index contributed by atoms with van der Waals surface area (Å²) in [5.74, 6) is 0.682. The van der Waals surface area contributed by atoms with Crippen LogP contribution >= 0.6 is 15.9 Å². The van der Waals surface area contributed by atoms with Gasteiger partial charge in [-0.2, -0.15) is 0 Å². The molecule has 0 atom stereocenters. The normalized spacial score (nSPS) is 15.7. The lowest BCUT2D eigenvalue weighted by Gasteiger charge is -2.15. The summed E-state index contributed by atoms with van der Waals surface area (Å²) in [5, 5.41) is 0. The van der Waals surface area contributed by atoms with E-state index in [0.717, 1.165) is 17.1 Å². The molecule has 1 aliphatic carbocycles. The lowest BCUT2D eigenvalue weighted by Crippen LogP contribution is -2.26. The number of aromatic nitrogens is 1. The highest BCUT2D eigenvalue weighted by molar-refractivity contribution is 9.10. The highest BCUT2D eigenvalue weighted by atomic mass is 79.9. The van der Waals surface area contributed by atoms with E-state index >= 15 is 0 Å². The Bertz CT molecular complexity index is 328. The molecule has 2 rings (SSSR count). The third kappa shape index (κ3) is 3.18. The zero-order chi connectivity index (χ0) is 10.7. The first-order valence-corrected chi connectivity index (χ1v) is 6.00. The van der Waals surface area contributed by atoms with Crippen LogP contribution in [0.3, 0.4) is 0 Å². The summed E-state index contributed by atoms with van der Waals surface area (Å²) >= 11 is 3.40.